The molecule has 1 amide bonds. The first-order chi connectivity index (χ1) is 11.2. The first-order valence-corrected chi connectivity index (χ1v) is 8.82. The highest BCUT2D eigenvalue weighted by Crippen LogP contribution is 2.40. The van der Waals surface area contributed by atoms with Gasteiger partial charge < -0.3 is 14.5 Å². The molecule has 1 aromatic carbocycles. The molecule has 0 unspecified atom stereocenters. The number of ether oxygens (including phenoxy) is 1. The number of methoxy groups -OCH3 is 1. The van der Waals surface area contributed by atoms with Crippen LogP contribution in [0.5, 0.6) is 5.75 Å². The molecule has 3 rings (SSSR count). The Labute approximate surface area is 139 Å². The smallest absolute Gasteiger partial charge is 0.223 e. The lowest BCUT2D eigenvalue weighted by atomic mass is 9.84. The normalized spacial score (nSPS) is 21.1. The van der Waals surface area contributed by atoms with E-state index in [0.29, 0.717) is 12.3 Å². The highest BCUT2D eigenvalue weighted by Gasteiger charge is 2.46. The van der Waals surface area contributed by atoms with Crippen LogP contribution in [0.15, 0.2) is 24.3 Å². The maximum absolute atomic E-state index is 12.5. The van der Waals surface area contributed by atoms with E-state index in [1.807, 2.05) is 12.1 Å². The van der Waals surface area contributed by atoms with Crippen LogP contribution in [0.2, 0.25) is 0 Å². The Kier molecular flexibility index (Phi) is 4.90. The summed E-state index contributed by atoms with van der Waals surface area (Å²) in [5, 5.41) is 0. The summed E-state index contributed by atoms with van der Waals surface area (Å²) in [6, 6.07) is 8.10. The lowest BCUT2D eigenvalue weighted by molar-refractivity contribution is -0.133. The zero-order valence-electron chi connectivity index (χ0n) is 14.4. The summed E-state index contributed by atoms with van der Waals surface area (Å²) in [4.78, 5) is 17.2. The predicted octanol–water partition coefficient (Wildman–Crippen LogP) is 3.06. The van der Waals surface area contributed by atoms with Gasteiger partial charge in [0, 0.05) is 31.6 Å². The third kappa shape index (κ3) is 3.37. The van der Waals surface area contributed by atoms with Gasteiger partial charge in [-0.3, -0.25) is 4.79 Å². The number of hydrogen-bond donors (Lipinski definition) is 0. The molecule has 23 heavy (non-hydrogen) atoms. The van der Waals surface area contributed by atoms with E-state index in [9.17, 15) is 4.79 Å². The Hall–Kier alpha value is -1.55. The van der Waals surface area contributed by atoms with Crippen molar-refractivity contribution < 1.29 is 9.53 Å². The van der Waals surface area contributed by atoms with Crippen LogP contribution in [0.25, 0.3) is 0 Å². The van der Waals surface area contributed by atoms with Gasteiger partial charge in [-0.2, -0.15) is 0 Å². The second kappa shape index (κ2) is 6.91. The molecule has 1 spiro atoms. The summed E-state index contributed by atoms with van der Waals surface area (Å²) in [5.41, 5.74) is 1.29. The van der Waals surface area contributed by atoms with E-state index in [0.717, 1.165) is 44.6 Å². The molecule has 4 nitrogen and oxygen atoms in total. The lowest BCUT2D eigenvalue weighted by Crippen LogP contribution is -2.52. The molecule has 2 fully saturated rings. The van der Waals surface area contributed by atoms with Crippen LogP contribution in [-0.4, -0.2) is 48.0 Å². The largest absolute Gasteiger partial charge is 0.497 e. The lowest BCUT2D eigenvalue weighted by Gasteiger charge is -2.45. The van der Waals surface area contributed by atoms with Gasteiger partial charge in [-0.1, -0.05) is 19.1 Å². The van der Waals surface area contributed by atoms with E-state index in [2.05, 4.69) is 28.9 Å². The maximum atomic E-state index is 12.5. The number of likely N-dealkylation sites (tertiary alicyclic amines) is 2. The van der Waals surface area contributed by atoms with Gasteiger partial charge in [0.15, 0.2) is 0 Å². The highest BCUT2D eigenvalue weighted by atomic mass is 16.5. The fourth-order valence-corrected chi connectivity index (χ4v) is 4.07. The third-order valence-corrected chi connectivity index (χ3v) is 5.50. The van der Waals surface area contributed by atoms with Crippen LogP contribution in [-0.2, 0) is 11.3 Å². The Balaban J connectivity index is 1.70. The quantitative estimate of drug-likeness (QED) is 0.837. The van der Waals surface area contributed by atoms with Crippen LogP contribution < -0.4 is 4.74 Å². The van der Waals surface area contributed by atoms with E-state index >= 15 is 0 Å². The number of nitrogens with zero attached hydrogens (tertiary/aromatic N) is 2. The first kappa shape index (κ1) is 16.3. The Morgan fingerprint density at radius 1 is 1.13 bits per heavy atom. The van der Waals surface area contributed by atoms with Crippen molar-refractivity contribution in [2.45, 2.75) is 51.1 Å². The number of piperidine rings is 1. The Bertz CT molecular complexity index is 533. The van der Waals surface area contributed by atoms with Crippen LogP contribution in [0, 0.1) is 0 Å². The van der Waals surface area contributed by atoms with Gasteiger partial charge in [-0.15, -0.1) is 0 Å². The SMILES string of the molecule is CCCN1CCC2(CCC(=O)N2Cc2ccc(OC)cc2)CC1. The number of rotatable bonds is 5. The number of carbonyl (C=O) groups excluding carboxylic acids is 1. The topological polar surface area (TPSA) is 32.8 Å². The monoisotopic (exact) mass is 316 g/mol. The molecule has 0 atom stereocenters. The summed E-state index contributed by atoms with van der Waals surface area (Å²) < 4.78 is 5.22. The zero-order chi connectivity index (χ0) is 16.3. The van der Waals surface area contributed by atoms with E-state index in [1.165, 1.54) is 18.5 Å². The summed E-state index contributed by atoms with van der Waals surface area (Å²) >= 11 is 0. The molecule has 0 aromatic heterocycles. The molecule has 2 aliphatic rings. The molecule has 0 N–H and O–H groups in total. The van der Waals surface area contributed by atoms with Crippen molar-refractivity contribution >= 4 is 5.91 Å². The average Bonchev–Trinajstić information content (AvgIpc) is 2.88. The summed E-state index contributed by atoms with van der Waals surface area (Å²) in [5.74, 6) is 1.19. The highest BCUT2D eigenvalue weighted by molar-refractivity contribution is 5.79. The zero-order valence-corrected chi connectivity index (χ0v) is 14.4. The van der Waals surface area contributed by atoms with Crippen LogP contribution in [0.1, 0.15) is 44.6 Å². The van der Waals surface area contributed by atoms with Crippen molar-refractivity contribution in [2.75, 3.05) is 26.7 Å². The number of hydrogen-bond acceptors (Lipinski definition) is 3. The number of carbonyl (C=O) groups is 1. The van der Waals surface area contributed by atoms with Crippen LogP contribution in [0.4, 0.5) is 0 Å². The molecule has 126 valence electrons. The van der Waals surface area contributed by atoms with Crippen molar-refractivity contribution in [2.24, 2.45) is 0 Å². The maximum Gasteiger partial charge on any atom is 0.223 e. The van der Waals surface area contributed by atoms with Crippen LogP contribution in [0.3, 0.4) is 0 Å². The van der Waals surface area contributed by atoms with Crippen molar-refractivity contribution in [3.63, 3.8) is 0 Å². The van der Waals surface area contributed by atoms with Gasteiger partial charge in [-0.05, 0) is 49.9 Å². The molecule has 1 aromatic rings. The van der Waals surface area contributed by atoms with E-state index < -0.39 is 0 Å². The molecular formula is C19H28N2O2. The van der Waals surface area contributed by atoms with Gasteiger partial charge >= 0.3 is 0 Å². The second-order valence-electron chi connectivity index (χ2n) is 6.89. The molecule has 0 radical (unpaired) electrons. The van der Waals surface area contributed by atoms with E-state index in [1.54, 1.807) is 7.11 Å². The summed E-state index contributed by atoms with van der Waals surface area (Å²) in [6.07, 6.45) is 5.19. The molecular weight excluding hydrogens is 288 g/mol. The molecule has 2 aliphatic heterocycles. The Morgan fingerprint density at radius 3 is 2.43 bits per heavy atom. The fourth-order valence-electron chi connectivity index (χ4n) is 4.07. The minimum absolute atomic E-state index is 0.0985. The van der Waals surface area contributed by atoms with Crippen LogP contribution >= 0.6 is 0 Å². The van der Waals surface area contributed by atoms with Gasteiger partial charge in [0.25, 0.3) is 0 Å². The molecule has 2 heterocycles. The fraction of sp³-hybridized carbons (Fsp3) is 0.632. The van der Waals surface area contributed by atoms with E-state index in [-0.39, 0.29) is 5.54 Å². The summed E-state index contributed by atoms with van der Waals surface area (Å²) in [6.45, 7) is 6.40. The third-order valence-electron chi connectivity index (χ3n) is 5.50. The van der Waals surface area contributed by atoms with Gasteiger partial charge in [0.05, 0.1) is 7.11 Å². The van der Waals surface area contributed by atoms with Crippen molar-refractivity contribution in [3.05, 3.63) is 29.8 Å². The van der Waals surface area contributed by atoms with Crippen molar-refractivity contribution in [3.8, 4) is 5.75 Å². The minimum atomic E-state index is 0.0985. The Morgan fingerprint density at radius 2 is 1.83 bits per heavy atom. The summed E-state index contributed by atoms with van der Waals surface area (Å²) in [7, 11) is 1.68. The second-order valence-corrected chi connectivity index (χ2v) is 6.89. The van der Waals surface area contributed by atoms with Gasteiger partial charge in [0.1, 0.15) is 5.75 Å². The van der Waals surface area contributed by atoms with Crippen molar-refractivity contribution in [1.82, 2.24) is 9.80 Å². The molecule has 0 aliphatic carbocycles. The van der Waals surface area contributed by atoms with Gasteiger partial charge in [0.2, 0.25) is 5.91 Å². The average molecular weight is 316 g/mol. The first-order valence-electron chi connectivity index (χ1n) is 8.82. The van der Waals surface area contributed by atoms with E-state index in [4.69, 9.17) is 4.74 Å². The number of benzene rings is 1. The predicted molar refractivity (Wildman–Crippen MR) is 91.5 cm³/mol. The van der Waals surface area contributed by atoms with Crippen molar-refractivity contribution in [1.29, 1.82) is 0 Å². The molecule has 0 bridgehead atoms. The van der Waals surface area contributed by atoms with Gasteiger partial charge in [-0.25, -0.2) is 0 Å². The minimum Gasteiger partial charge on any atom is -0.497 e. The molecule has 2 saturated heterocycles. The number of amides is 1. The molecule has 0 saturated carbocycles. The standard InChI is InChI=1S/C19H28N2O2/c1-3-12-20-13-10-19(11-14-20)9-8-18(22)21(19)15-16-4-6-17(23-2)7-5-16/h4-7H,3,8-15H2,1-2H3. The molecule has 4 heteroatoms.